The normalized spacial score (nSPS) is 12.8. The van der Waals surface area contributed by atoms with Crippen molar-refractivity contribution in [2.24, 2.45) is 0 Å². The Morgan fingerprint density at radius 3 is 2.02 bits per heavy atom. The monoisotopic (exact) mass is 602 g/mol. The van der Waals surface area contributed by atoms with E-state index in [1.54, 1.807) is 32.9 Å². The van der Waals surface area contributed by atoms with Crippen LogP contribution in [-0.2, 0) is 25.6 Å². The van der Waals surface area contributed by atoms with E-state index in [9.17, 15) is 19.2 Å². The molecule has 4 rings (SSSR count). The first kappa shape index (κ1) is 32.1. The minimum absolute atomic E-state index is 0.0946. The third-order valence-corrected chi connectivity index (χ3v) is 7.09. The Bertz CT molecular complexity index is 1430. The lowest BCUT2D eigenvalue weighted by atomic mass is 9.98. The molecule has 10 heteroatoms. The molecule has 0 aliphatic heterocycles. The Balaban J connectivity index is 1.34. The number of carboxylic acid groups (broad SMARTS) is 1. The van der Waals surface area contributed by atoms with Crippen LogP contribution in [-0.4, -0.2) is 54.0 Å². The summed E-state index contributed by atoms with van der Waals surface area (Å²) < 4.78 is 16.3. The van der Waals surface area contributed by atoms with E-state index in [4.69, 9.17) is 19.3 Å². The predicted octanol–water partition coefficient (Wildman–Crippen LogP) is 6.03. The maximum atomic E-state index is 13.1. The van der Waals surface area contributed by atoms with Crippen LogP contribution in [0.2, 0.25) is 0 Å². The molecule has 1 atom stereocenters. The highest BCUT2D eigenvalue weighted by molar-refractivity contribution is 5.87. The van der Waals surface area contributed by atoms with Gasteiger partial charge in [0.15, 0.2) is 0 Å². The Morgan fingerprint density at radius 1 is 0.818 bits per heavy atom. The lowest BCUT2D eigenvalue weighted by molar-refractivity contribution is -0.147. The second-order valence-electron chi connectivity index (χ2n) is 11.6. The molecule has 0 unspecified atom stereocenters. The maximum absolute atomic E-state index is 13.1. The van der Waals surface area contributed by atoms with Gasteiger partial charge in [0.2, 0.25) is 0 Å². The molecule has 0 bridgehead atoms. The van der Waals surface area contributed by atoms with E-state index >= 15 is 0 Å². The van der Waals surface area contributed by atoms with Crippen molar-refractivity contribution in [3.8, 4) is 11.1 Å². The van der Waals surface area contributed by atoms with Crippen molar-refractivity contribution in [2.75, 3.05) is 13.2 Å². The van der Waals surface area contributed by atoms with Crippen LogP contribution in [0.1, 0.15) is 73.0 Å². The van der Waals surface area contributed by atoms with Gasteiger partial charge in [0.05, 0.1) is 5.56 Å². The number of esters is 1. The van der Waals surface area contributed by atoms with Gasteiger partial charge in [-0.05, 0) is 80.0 Å². The molecule has 1 aliphatic rings. The molecule has 10 nitrogen and oxygen atoms in total. The first-order valence-corrected chi connectivity index (χ1v) is 14.6. The zero-order valence-corrected chi connectivity index (χ0v) is 25.1. The molecule has 44 heavy (non-hydrogen) atoms. The van der Waals surface area contributed by atoms with Crippen LogP contribution in [0.3, 0.4) is 0 Å². The summed E-state index contributed by atoms with van der Waals surface area (Å²) in [6, 6.07) is 21.0. The minimum Gasteiger partial charge on any atom is -0.478 e. The van der Waals surface area contributed by atoms with Gasteiger partial charge < -0.3 is 30.0 Å². The zero-order chi connectivity index (χ0) is 31.7. The van der Waals surface area contributed by atoms with Crippen LogP contribution in [0, 0.1) is 0 Å². The van der Waals surface area contributed by atoms with Crippen molar-refractivity contribution in [1.82, 2.24) is 10.6 Å². The topological polar surface area (TPSA) is 140 Å². The van der Waals surface area contributed by atoms with E-state index < -0.39 is 35.8 Å². The van der Waals surface area contributed by atoms with E-state index in [0.717, 1.165) is 22.3 Å². The summed E-state index contributed by atoms with van der Waals surface area (Å²) in [5, 5.41) is 14.4. The maximum Gasteiger partial charge on any atom is 0.407 e. The van der Waals surface area contributed by atoms with Gasteiger partial charge in [0, 0.05) is 12.5 Å². The molecule has 3 N–H and O–H groups in total. The SMILES string of the molecule is CC(C)(C)OC(=O)NCCCC[C@H](NC(=O)OCC1c2ccccc2-c2ccccc21)C(=O)OCc1ccc(C(=O)O)cc1. The summed E-state index contributed by atoms with van der Waals surface area (Å²) in [5.41, 5.74) is 4.47. The average Bonchev–Trinajstić information content (AvgIpc) is 3.31. The number of ether oxygens (including phenoxy) is 3. The van der Waals surface area contributed by atoms with Gasteiger partial charge in [-0.2, -0.15) is 0 Å². The number of fused-ring (bicyclic) bond motifs is 3. The predicted molar refractivity (Wildman–Crippen MR) is 163 cm³/mol. The van der Waals surface area contributed by atoms with Crippen molar-refractivity contribution < 1.29 is 38.5 Å². The third-order valence-electron chi connectivity index (χ3n) is 7.09. The fourth-order valence-corrected chi connectivity index (χ4v) is 5.01. The number of amides is 2. The van der Waals surface area contributed by atoms with Crippen molar-refractivity contribution in [1.29, 1.82) is 0 Å². The number of rotatable bonds is 12. The van der Waals surface area contributed by atoms with Gasteiger partial charge in [-0.15, -0.1) is 0 Å². The summed E-state index contributed by atoms with van der Waals surface area (Å²) in [5.74, 6) is -1.84. The molecule has 0 heterocycles. The zero-order valence-electron chi connectivity index (χ0n) is 25.1. The van der Waals surface area contributed by atoms with Crippen LogP contribution in [0.5, 0.6) is 0 Å². The summed E-state index contributed by atoms with van der Waals surface area (Å²) >= 11 is 0. The molecule has 0 radical (unpaired) electrons. The van der Waals surface area contributed by atoms with E-state index in [0.29, 0.717) is 24.9 Å². The lowest BCUT2D eigenvalue weighted by Gasteiger charge is -2.20. The fraction of sp³-hybridized carbons (Fsp3) is 0.353. The van der Waals surface area contributed by atoms with Gasteiger partial charge in [-0.1, -0.05) is 60.7 Å². The summed E-state index contributed by atoms with van der Waals surface area (Å²) in [6.45, 7) is 5.66. The molecule has 0 fully saturated rings. The highest BCUT2D eigenvalue weighted by Gasteiger charge is 2.30. The van der Waals surface area contributed by atoms with E-state index in [1.165, 1.54) is 12.1 Å². The summed E-state index contributed by atoms with van der Waals surface area (Å²) in [4.78, 5) is 49.0. The number of carbonyl (C=O) groups excluding carboxylic acids is 3. The summed E-state index contributed by atoms with van der Waals surface area (Å²) in [7, 11) is 0. The van der Waals surface area contributed by atoms with Crippen LogP contribution < -0.4 is 10.6 Å². The third kappa shape index (κ3) is 8.82. The lowest BCUT2D eigenvalue weighted by Crippen LogP contribution is -2.42. The van der Waals surface area contributed by atoms with E-state index in [-0.39, 0.29) is 31.1 Å². The number of aromatic carboxylic acids is 1. The van der Waals surface area contributed by atoms with E-state index in [2.05, 4.69) is 10.6 Å². The highest BCUT2D eigenvalue weighted by atomic mass is 16.6. The molecule has 1 aliphatic carbocycles. The van der Waals surface area contributed by atoms with E-state index in [1.807, 2.05) is 48.5 Å². The first-order chi connectivity index (χ1) is 21.0. The molecular weight excluding hydrogens is 564 g/mol. The van der Waals surface area contributed by atoms with Crippen molar-refractivity contribution in [3.63, 3.8) is 0 Å². The van der Waals surface area contributed by atoms with Gasteiger partial charge >= 0.3 is 24.1 Å². The first-order valence-electron chi connectivity index (χ1n) is 14.6. The number of hydrogen-bond acceptors (Lipinski definition) is 7. The van der Waals surface area contributed by atoms with Crippen LogP contribution in [0.25, 0.3) is 11.1 Å². The fourth-order valence-electron chi connectivity index (χ4n) is 5.01. The Labute approximate surface area is 256 Å². The number of hydrogen-bond donors (Lipinski definition) is 3. The number of alkyl carbamates (subject to hydrolysis) is 2. The smallest absolute Gasteiger partial charge is 0.407 e. The Hall–Kier alpha value is -4.86. The van der Waals surface area contributed by atoms with Crippen molar-refractivity contribution in [2.45, 2.75) is 64.2 Å². The highest BCUT2D eigenvalue weighted by Crippen LogP contribution is 2.44. The second-order valence-corrected chi connectivity index (χ2v) is 11.6. The number of benzene rings is 3. The second kappa shape index (κ2) is 14.5. The number of carboxylic acids is 1. The van der Waals surface area contributed by atoms with Gasteiger partial charge in [0.25, 0.3) is 0 Å². The number of nitrogens with one attached hydrogen (secondary N) is 2. The molecule has 0 saturated carbocycles. The van der Waals surface area contributed by atoms with Gasteiger partial charge in [0.1, 0.15) is 24.9 Å². The Morgan fingerprint density at radius 2 is 1.43 bits per heavy atom. The molecular formula is C34H38N2O8. The largest absolute Gasteiger partial charge is 0.478 e. The Kier molecular flexibility index (Phi) is 10.6. The molecule has 232 valence electrons. The quantitative estimate of drug-likeness (QED) is 0.130. The number of carbonyl (C=O) groups is 4. The van der Waals surface area contributed by atoms with Crippen molar-refractivity contribution >= 4 is 24.1 Å². The number of unbranched alkanes of at least 4 members (excludes halogenated alkanes) is 1. The van der Waals surface area contributed by atoms with Gasteiger partial charge in [-0.25, -0.2) is 19.2 Å². The molecule has 0 saturated heterocycles. The van der Waals surface area contributed by atoms with Gasteiger partial charge in [-0.3, -0.25) is 0 Å². The summed E-state index contributed by atoms with van der Waals surface area (Å²) in [6.07, 6.45) is 0.000811. The van der Waals surface area contributed by atoms with Crippen molar-refractivity contribution in [3.05, 3.63) is 95.1 Å². The van der Waals surface area contributed by atoms with Crippen LogP contribution in [0.15, 0.2) is 72.8 Å². The minimum atomic E-state index is -1.05. The molecule has 0 spiro atoms. The average molecular weight is 603 g/mol. The molecule has 3 aromatic carbocycles. The van der Waals surface area contributed by atoms with Crippen LogP contribution in [0.4, 0.5) is 9.59 Å². The standard InChI is InChI=1S/C34H38N2O8/c1-34(2,3)44-32(40)35-19-9-8-14-29(31(39)42-20-22-15-17-23(18-16-22)30(37)38)36-33(41)43-21-28-26-12-6-4-10-24(26)25-11-5-7-13-27(25)28/h4-7,10-13,15-18,28-29H,8-9,14,19-21H2,1-3H3,(H,35,40)(H,36,41)(H,37,38)/t29-/m0/s1. The molecule has 0 aromatic heterocycles. The molecule has 3 aromatic rings. The molecule has 2 amide bonds. The van der Waals surface area contributed by atoms with Crippen LogP contribution >= 0.6 is 0 Å².